The standard InChI is InChI=1S/C55H60O10/c1-57-55-54(63-38-45-30-18-7-19-31-45)53(62-37-44-28-16-6-17-29-44)51(48(65-55)39-58-33-40-20-8-2-9-21-40)64-47-32-46(56)49(59-34-41-22-10-3-11-23-41)52(61-36-43-26-14-5-15-27-43)50(47)60-35-42-24-12-4-13-25-42/h2-31,46-56H,32-39H2,1H3/t46-,47+,48-,49-,50+,51-,52+,53+,54-,55+/m1/s1. The highest BCUT2D eigenvalue weighted by Gasteiger charge is 2.53. The van der Waals surface area contributed by atoms with Gasteiger partial charge in [-0.15, -0.1) is 0 Å². The number of benzene rings is 6. The van der Waals surface area contributed by atoms with Crippen molar-refractivity contribution < 1.29 is 47.7 Å². The van der Waals surface area contributed by atoms with Crippen LogP contribution in [0.5, 0.6) is 0 Å². The fourth-order valence-electron chi connectivity index (χ4n) is 8.49. The first kappa shape index (κ1) is 46.4. The van der Waals surface area contributed by atoms with E-state index in [4.69, 9.17) is 42.6 Å². The number of rotatable bonds is 22. The highest BCUT2D eigenvalue weighted by molar-refractivity contribution is 5.18. The maximum Gasteiger partial charge on any atom is 0.186 e. The van der Waals surface area contributed by atoms with Crippen molar-refractivity contribution in [3.8, 4) is 0 Å². The zero-order valence-electron chi connectivity index (χ0n) is 36.9. The molecule has 0 aromatic heterocycles. The fourth-order valence-corrected chi connectivity index (χ4v) is 8.49. The summed E-state index contributed by atoms with van der Waals surface area (Å²) in [4.78, 5) is 0. The number of hydrogen-bond donors (Lipinski definition) is 1. The highest BCUT2D eigenvalue weighted by atomic mass is 16.7. The van der Waals surface area contributed by atoms with Gasteiger partial charge in [-0.3, -0.25) is 0 Å². The quantitative estimate of drug-likeness (QED) is 0.0711. The Balaban J connectivity index is 1.15. The molecule has 2 aliphatic rings. The summed E-state index contributed by atoms with van der Waals surface area (Å²) in [5.74, 6) is 0. The van der Waals surface area contributed by atoms with Crippen LogP contribution in [0.25, 0.3) is 0 Å². The van der Waals surface area contributed by atoms with E-state index in [1.807, 2.05) is 182 Å². The van der Waals surface area contributed by atoms with Gasteiger partial charge < -0.3 is 47.7 Å². The van der Waals surface area contributed by atoms with E-state index >= 15 is 0 Å². The Labute approximate surface area is 382 Å². The van der Waals surface area contributed by atoms with E-state index in [0.717, 1.165) is 33.4 Å². The number of hydrogen-bond acceptors (Lipinski definition) is 10. The zero-order valence-corrected chi connectivity index (χ0v) is 36.9. The molecule has 340 valence electrons. The van der Waals surface area contributed by atoms with Crippen molar-refractivity contribution in [2.75, 3.05) is 13.7 Å². The van der Waals surface area contributed by atoms with Crippen LogP contribution in [0, 0.1) is 0 Å². The van der Waals surface area contributed by atoms with Crippen molar-refractivity contribution in [3.63, 3.8) is 0 Å². The number of aliphatic hydroxyl groups is 1. The second kappa shape index (κ2) is 24.4. The molecule has 0 bridgehead atoms. The third kappa shape index (κ3) is 13.3. The molecule has 1 saturated carbocycles. The van der Waals surface area contributed by atoms with Crippen molar-refractivity contribution in [1.29, 1.82) is 0 Å². The van der Waals surface area contributed by atoms with Crippen LogP contribution in [0.3, 0.4) is 0 Å². The van der Waals surface area contributed by atoms with Gasteiger partial charge >= 0.3 is 0 Å². The Morgan fingerprint density at radius 2 is 0.754 bits per heavy atom. The molecular formula is C55H60O10. The summed E-state index contributed by atoms with van der Waals surface area (Å²) in [6, 6.07) is 59.9. The van der Waals surface area contributed by atoms with E-state index in [1.165, 1.54) is 0 Å². The Hall–Kier alpha value is -5.08. The second-order valence-corrected chi connectivity index (χ2v) is 16.5. The molecule has 1 heterocycles. The minimum absolute atomic E-state index is 0.150. The van der Waals surface area contributed by atoms with Gasteiger partial charge in [0.05, 0.1) is 58.5 Å². The molecule has 0 unspecified atom stereocenters. The summed E-state index contributed by atoms with van der Waals surface area (Å²) >= 11 is 0. The molecule has 1 N–H and O–H groups in total. The van der Waals surface area contributed by atoms with Gasteiger partial charge in [-0.2, -0.15) is 0 Å². The van der Waals surface area contributed by atoms with E-state index in [1.54, 1.807) is 7.11 Å². The second-order valence-electron chi connectivity index (χ2n) is 16.5. The van der Waals surface area contributed by atoms with E-state index in [0.29, 0.717) is 6.61 Å². The van der Waals surface area contributed by atoms with Crippen LogP contribution in [0.1, 0.15) is 39.8 Å². The minimum Gasteiger partial charge on any atom is -0.390 e. The summed E-state index contributed by atoms with van der Waals surface area (Å²) in [6.07, 6.45) is -7.54. The molecule has 10 heteroatoms. The molecule has 0 amide bonds. The molecule has 6 aromatic rings. The molecule has 8 rings (SSSR count). The number of aliphatic hydroxyl groups excluding tert-OH is 1. The average Bonchev–Trinajstić information content (AvgIpc) is 3.36. The maximum absolute atomic E-state index is 12.2. The van der Waals surface area contributed by atoms with Crippen molar-refractivity contribution in [2.24, 2.45) is 0 Å². The van der Waals surface area contributed by atoms with Crippen LogP contribution < -0.4 is 0 Å². The molecule has 10 nitrogen and oxygen atoms in total. The summed E-state index contributed by atoms with van der Waals surface area (Å²) in [7, 11) is 1.61. The van der Waals surface area contributed by atoms with Gasteiger partial charge in [-0.1, -0.05) is 182 Å². The zero-order chi connectivity index (χ0) is 44.5. The van der Waals surface area contributed by atoms with Gasteiger partial charge in [0.15, 0.2) is 6.29 Å². The summed E-state index contributed by atoms with van der Waals surface area (Å²) in [6.45, 7) is 1.86. The lowest BCUT2D eigenvalue weighted by Crippen LogP contribution is -2.65. The predicted molar refractivity (Wildman–Crippen MR) is 246 cm³/mol. The molecular weight excluding hydrogens is 821 g/mol. The minimum atomic E-state index is -0.987. The molecule has 1 aliphatic heterocycles. The van der Waals surface area contributed by atoms with Crippen molar-refractivity contribution >= 4 is 0 Å². The van der Waals surface area contributed by atoms with Gasteiger partial charge in [0.25, 0.3) is 0 Å². The van der Waals surface area contributed by atoms with Crippen LogP contribution >= 0.6 is 0 Å². The van der Waals surface area contributed by atoms with Gasteiger partial charge in [-0.25, -0.2) is 0 Å². The van der Waals surface area contributed by atoms with Crippen LogP contribution in [-0.2, 0) is 82.3 Å². The third-order valence-corrected chi connectivity index (χ3v) is 11.8. The van der Waals surface area contributed by atoms with E-state index in [-0.39, 0.29) is 46.1 Å². The first-order valence-electron chi connectivity index (χ1n) is 22.5. The summed E-state index contributed by atoms with van der Waals surface area (Å²) < 4.78 is 60.8. The molecule has 6 aromatic carbocycles. The Kier molecular flexibility index (Phi) is 17.5. The predicted octanol–water partition coefficient (Wildman–Crippen LogP) is 9.02. The Morgan fingerprint density at radius 1 is 0.415 bits per heavy atom. The van der Waals surface area contributed by atoms with Crippen LogP contribution in [0.15, 0.2) is 182 Å². The molecule has 1 saturated heterocycles. The number of methoxy groups -OCH3 is 1. The van der Waals surface area contributed by atoms with Crippen LogP contribution in [0.2, 0.25) is 0 Å². The SMILES string of the molecule is CO[C@H]1O[C@H](COCc2ccccc2)[C@@H](O[C@H]2C[C@@H](O)[C@@H](OCc3ccccc3)[C@H](OCc3ccccc3)[C@H]2OCc2ccccc2)[C@H](OCc2ccccc2)[C@H]1OCc1ccccc1. The average molecular weight is 881 g/mol. The van der Waals surface area contributed by atoms with Gasteiger partial charge in [-0.05, 0) is 33.4 Å². The fraction of sp³-hybridized carbons (Fsp3) is 0.345. The molecule has 2 fully saturated rings. The normalized spacial score (nSPS) is 25.6. The number of ether oxygens (including phenoxy) is 9. The largest absolute Gasteiger partial charge is 0.390 e. The van der Waals surface area contributed by atoms with Crippen LogP contribution in [-0.4, -0.2) is 80.0 Å². The monoisotopic (exact) mass is 880 g/mol. The van der Waals surface area contributed by atoms with Gasteiger partial charge in [0.1, 0.15) is 42.7 Å². The topological polar surface area (TPSA) is 103 Å². The first-order chi connectivity index (χ1) is 32.1. The Morgan fingerprint density at radius 3 is 1.15 bits per heavy atom. The third-order valence-electron chi connectivity index (χ3n) is 11.8. The summed E-state index contributed by atoms with van der Waals surface area (Å²) in [5.41, 5.74) is 5.93. The lowest BCUT2D eigenvalue weighted by atomic mass is 9.85. The lowest BCUT2D eigenvalue weighted by Gasteiger charge is -2.49. The van der Waals surface area contributed by atoms with Crippen molar-refractivity contribution in [3.05, 3.63) is 215 Å². The highest BCUT2D eigenvalue weighted by Crippen LogP contribution is 2.37. The van der Waals surface area contributed by atoms with E-state index < -0.39 is 61.2 Å². The lowest BCUT2D eigenvalue weighted by molar-refractivity contribution is -0.337. The molecule has 0 spiro atoms. The molecule has 1 aliphatic carbocycles. The Bertz CT molecular complexity index is 2200. The van der Waals surface area contributed by atoms with Crippen molar-refractivity contribution in [1.82, 2.24) is 0 Å². The van der Waals surface area contributed by atoms with Gasteiger partial charge in [0.2, 0.25) is 0 Å². The summed E-state index contributed by atoms with van der Waals surface area (Å²) in [5, 5.41) is 12.2. The van der Waals surface area contributed by atoms with E-state index in [9.17, 15) is 5.11 Å². The van der Waals surface area contributed by atoms with Crippen LogP contribution in [0.4, 0.5) is 0 Å². The smallest absolute Gasteiger partial charge is 0.186 e. The molecule has 10 atom stereocenters. The van der Waals surface area contributed by atoms with Crippen molar-refractivity contribution in [2.45, 2.75) is 107 Å². The molecule has 65 heavy (non-hydrogen) atoms. The maximum atomic E-state index is 12.2. The van der Waals surface area contributed by atoms with E-state index in [2.05, 4.69) is 0 Å². The molecule has 0 radical (unpaired) electrons. The van der Waals surface area contributed by atoms with Gasteiger partial charge in [0, 0.05) is 13.5 Å². The first-order valence-corrected chi connectivity index (χ1v) is 22.5.